The molecule has 2 nitrogen and oxygen atoms in total. The second-order valence-corrected chi connectivity index (χ2v) is 7.21. The maximum absolute atomic E-state index is 12.4. The van der Waals surface area contributed by atoms with Crippen LogP contribution in [0.4, 0.5) is 0 Å². The molecule has 3 heteroatoms. The van der Waals surface area contributed by atoms with Crippen LogP contribution in [0, 0.1) is 0 Å². The Balaban J connectivity index is 2.09. The van der Waals surface area contributed by atoms with Gasteiger partial charge in [0.25, 0.3) is 0 Å². The zero-order valence-electron chi connectivity index (χ0n) is 12.0. The van der Waals surface area contributed by atoms with E-state index in [0.717, 1.165) is 25.0 Å². The van der Waals surface area contributed by atoms with Gasteiger partial charge in [0.05, 0.1) is 5.25 Å². The summed E-state index contributed by atoms with van der Waals surface area (Å²) in [5.41, 5.74) is 1.41. The Kier molecular flexibility index (Phi) is 5.59. The molecule has 1 fully saturated rings. The molecule has 0 amide bonds. The van der Waals surface area contributed by atoms with Gasteiger partial charge in [-0.3, -0.25) is 4.21 Å². The molecule has 1 aromatic rings. The van der Waals surface area contributed by atoms with Gasteiger partial charge in [-0.1, -0.05) is 37.3 Å². The normalized spacial score (nSPS) is 29.1. The number of nitrogens with one attached hydrogen (secondary N) is 1. The minimum absolute atomic E-state index is 0.309. The van der Waals surface area contributed by atoms with Crippen molar-refractivity contribution in [1.29, 1.82) is 0 Å². The molecule has 0 saturated heterocycles. The predicted molar refractivity (Wildman–Crippen MR) is 83.0 cm³/mol. The van der Waals surface area contributed by atoms with E-state index in [-0.39, 0.29) is 0 Å². The molecule has 1 N–H and O–H groups in total. The minimum atomic E-state index is -0.693. The van der Waals surface area contributed by atoms with Crippen LogP contribution in [-0.2, 0) is 10.8 Å². The second-order valence-electron chi connectivity index (χ2n) is 5.44. The highest BCUT2D eigenvalue weighted by atomic mass is 32.2. The SMILES string of the molecule is CCCS(=O)C1CC(c2ccccc2)CCC1NC. The highest BCUT2D eigenvalue weighted by Crippen LogP contribution is 2.35. The molecule has 0 radical (unpaired) electrons. The van der Waals surface area contributed by atoms with Crippen LogP contribution in [-0.4, -0.2) is 28.3 Å². The zero-order valence-corrected chi connectivity index (χ0v) is 12.8. The first-order chi connectivity index (χ1) is 9.26. The lowest BCUT2D eigenvalue weighted by Gasteiger charge is -2.35. The molecule has 4 unspecified atom stereocenters. The van der Waals surface area contributed by atoms with Gasteiger partial charge in [-0.2, -0.15) is 0 Å². The molecule has 106 valence electrons. The van der Waals surface area contributed by atoms with Crippen molar-refractivity contribution >= 4 is 10.8 Å². The summed E-state index contributed by atoms with van der Waals surface area (Å²) >= 11 is 0. The molecular weight excluding hydrogens is 254 g/mol. The van der Waals surface area contributed by atoms with Crippen LogP contribution < -0.4 is 5.32 Å². The van der Waals surface area contributed by atoms with Crippen LogP contribution in [0.3, 0.4) is 0 Å². The summed E-state index contributed by atoms with van der Waals surface area (Å²) in [7, 11) is 1.31. The van der Waals surface area contributed by atoms with Gasteiger partial charge in [0.2, 0.25) is 0 Å². The Morgan fingerprint density at radius 2 is 2.00 bits per heavy atom. The Labute approximate surface area is 119 Å². The van der Waals surface area contributed by atoms with Crippen molar-refractivity contribution in [3.63, 3.8) is 0 Å². The van der Waals surface area contributed by atoms with E-state index in [9.17, 15) is 4.21 Å². The van der Waals surface area contributed by atoms with Crippen LogP contribution in [0.5, 0.6) is 0 Å². The number of rotatable bonds is 5. The van der Waals surface area contributed by atoms with Crippen LogP contribution in [0.25, 0.3) is 0 Å². The van der Waals surface area contributed by atoms with Gasteiger partial charge in [-0.05, 0) is 44.2 Å². The van der Waals surface area contributed by atoms with Crippen molar-refractivity contribution in [1.82, 2.24) is 5.32 Å². The van der Waals surface area contributed by atoms with Gasteiger partial charge in [-0.15, -0.1) is 0 Å². The zero-order chi connectivity index (χ0) is 13.7. The summed E-state index contributed by atoms with van der Waals surface area (Å²) in [4.78, 5) is 0. The predicted octanol–water partition coefficient (Wildman–Crippen LogP) is 3.07. The maximum Gasteiger partial charge on any atom is 0.0506 e. The molecule has 19 heavy (non-hydrogen) atoms. The lowest BCUT2D eigenvalue weighted by molar-refractivity contribution is 0.364. The molecule has 0 heterocycles. The molecular formula is C16H25NOS. The lowest BCUT2D eigenvalue weighted by Crippen LogP contribution is -2.45. The van der Waals surface area contributed by atoms with Crippen LogP contribution in [0.1, 0.15) is 44.1 Å². The van der Waals surface area contributed by atoms with Gasteiger partial charge in [0.1, 0.15) is 0 Å². The van der Waals surface area contributed by atoms with Gasteiger partial charge in [0, 0.05) is 22.6 Å². The Morgan fingerprint density at radius 1 is 1.26 bits per heavy atom. The Hall–Kier alpha value is -0.670. The molecule has 1 aliphatic rings. The van der Waals surface area contributed by atoms with E-state index >= 15 is 0 Å². The third kappa shape index (κ3) is 3.67. The van der Waals surface area contributed by atoms with E-state index in [2.05, 4.69) is 42.6 Å². The van der Waals surface area contributed by atoms with Gasteiger partial charge in [-0.25, -0.2) is 0 Å². The fourth-order valence-corrected chi connectivity index (χ4v) is 4.92. The summed E-state index contributed by atoms with van der Waals surface area (Å²) in [5, 5.41) is 3.68. The van der Waals surface area contributed by atoms with Crippen molar-refractivity contribution in [2.24, 2.45) is 0 Å². The summed E-state index contributed by atoms with van der Waals surface area (Å²) in [6, 6.07) is 11.1. The van der Waals surface area contributed by atoms with Crippen LogP contribution >= 0.6 is 0 Å². The van der Waals surface area contributed by atoms with E-state index in [1.807, 2.05) is 7.05 Å². The summed E-state index contributed by atoms with van der Waals surface area (Å²) in [5.74, 6) is 1.42. The van der Waals surface area contributed by atoms with E-state index in [1.165, 1.54) is 12.0 Å². The van der Waals surface area contributed by atoms with E-state index < -0.39 is 10.8 Å². The van der Waals surface area contributed by atoms with Crippen molar-refractivity contribution in [3.05, 3.63) is 35.9 Å². The fraction of sp³-hybridized carbons (Fsp3) is 0.625. The van der Waals surface area contributed by atoms with E-state index in [4.69, 9.17) is 0 Å². The maximum atomic E-state index is 12.4. The average Bonchev–Trinajstić information content (AvgIpc) is 2.47. The van der Waals surface area contributed by atoms with Crippen molar-refractivity contribution < 1.29 is 4.21 Å². The standard InChI is InChI=1S/C16H25NOS/c1-3-11-19(18)16-12-14(9-10-15(16)17-2)13-7-5-4-6-8-13/h4-8,14-17H,3,9-12H2,1-2H3. The fourth-order valence-electron chi connectivity index (χ4n) is 3.13. The molecule has 0 aromatic heterocycles. The highest BCUT2D eigenvalue weighted by molar-refractivity contribution is 7.85. The third-order valence-electron chi connectivity index (χ3n) is 4.18. The van der Waals surface area contributed by atoms with Gasteiger partial charge in [0.15, 0.2) is 0 Å². The van der Waals surface area contributed by atoms with E-state index in [0.29, 0.717) is 17.2 Å². The molecule has 1 aliphatic carbocycles. The molecule has 0 bridgehead atoms. The van der Waals surface area contributed by atoms with Crippen molar-refractivity contribution in [2.75, 3.05) is 12.8 Å². The summed E-state index contributed by atoms with van der Waals surface area (Å²) < 4.78 is 12.4. The lowest BCUT2D eigenvalue weighted by atomic mass is 9.81. The monoisotopic (exact) mass is 279 g/mol. The van der Waals surface area contributed by atoms with Gasteiger partial charge >= 0.3 is 0 Å². The highest BCUT2D eigenvalue weighted by Gasteiger charge is 2.33. The summed E-state index contributed by atoms with van der Waals surface area (Å²) in [6.45, 7) is 2.11. The molecule has 0 aliphatic heterocycles. The van der Waals surface area contributed by atoms with Crippen LogP contribution in [0.2, 0.25) is 0 Å². The van der Waals surface area contributed by atoms with Crippen molar-refractivity contribution in [3.8, 4) is 0 Å². The first-order valence-corrected chi connectivity index (χ1v) is 8.73. The molecule has 0 spiro atoms. The Bertz CT molecular complexity index is 406. The number of hydrogen-bond acceptors (Lipinski definition) is 2. The summed E-state index contributed by atoms with van der Waals surface area (Å²) in [6.07, 6.45) is 4.41. The first-order valence-electron chi connectivity index (χ1n) is 7.35. The van der Waals surface area contributed by atoms with Crippen molar-refractivity contribution in [2.45, 2.75) is 49.8 Å². The first kappa shape index (κ1) is 14.7. The Morgan fingerprint density at radius 3 is 2.63 bits per heavy atom. The minimum Gasteiger partial charge on any atom is -0.316 e. The number of hydrogen-bond donors (Lipinski definition) is 1. The van der Waals surface area contributed by atoms with E-state index in [1.54, 1.807) is 0 Å². The third-order valence-corrected chi connectivity index (χ3v) is 6.18. The topological polar surface area (TPSA) is 29.1 Å². The smallest absolute Gasteiger partial charge is 0.0506 e. The molecule has 1 saturated carbocycles. The number of benzene rings is 1. The molecule has 4 atom stereocenters. The largest absolute Gasteiger partial charge is 0.316 e. The average molecular weight is 279 g/mol. The second kappa shape index (κ2) is 7.20. The molecule has 2 rings (SSSR count). The molecule has 1 aromatic carbocycles. The van der Waals surface area contributed by atoms with Crippen LogP contribution in [0.15, 0.2) is 30.3 Å². The van der Waals surface area contributed by atoms with Gasteiger partial charge < -0.3 is 5.32 Å². The quantitative estimate of drug-likeness (QED) is 0.897.